The summed E-state index contributed by atoms with van der Waals surface area (Å²) < 4.78 is 7.52. The van der Waals surface area contributed by atoms with Crippen molar-refractivity contribution < 1.29 is 9.53 Å². The summed E-state index contributed by atoms with van der Waals surface area (Å²) in [5.41, 5.74) is 4.56. The molecule has 1 fully saturated rings. The van der Waals surface area contributed by atoms with Crippen LogP contribution in [0.2, 0.25) is 0 Å². The molecule has 4 rings (SSSR count). The predicted molar refractivity (Wildman–Crippen MR) is 95.7 cm³/mol. The topological polar surface area (TPSA) is 58.9 Å². The van der Waals surface area contributed by atoms with Crippen molar-refractivity contribution in [1.29, 1.82) is 0 Å². The number of morpholine rings is 1. The molecule has 25 heavy (non-hydrogen) atoms. The highest BCUT2D eigenvalue weighted by Gasteiger charge is 2.28. The Kier molecular flexibility index (Phi) is 4.72. The molecule has 1 atom stereocenters. The fourth-order valence-electron chi connectivity index (χ4n) is 3.84. The summed E-state index contributed by atoms with van der Waals surface area (Å²) in [7, 11) is 0. The number of rotatable bonds is 4. The summed E-state index contributed by atoms with van der Waals surface area (Å²) in [4.78, 5) is 19.7. The molecule has 1 amide bonds. The molecule has 6 heteroatoms. The zero-order valence-electron chi connectivity index (χ0n) is 14.8. The van der Waals surface area contributed by atoms with Gasteiger partial charge in [0.1, 0.15) is 5.65 Å². The van der Waals surface area contributed by atoms with Gasteiger partial charge in [-0.15, -0.1) is 0 Å². The van der Waals surface area contributed by atoms with E-state index >= 15 is 0 Å². The maximum atomic E-state index is 12.6. The first-order valence-electron chi connectivity index (χ1n) is 9.25. The standard InChI is InChI=1S/C19H26N4O2/c1-14-2-5-18-21-16-4-3-15(12-17(16)23(18)13-14)19(24)20-6-7-22-8-10-25-11-9-22/h2,5,13,15H,3-4,6-12H2,1H3,(H,20,24). The third kappa shape index (κ3) is 3.55. The van der Waals surface area contributed by atoms with Crippen LogP contribution in [0.25, 0.3) is 5.65 Å². The van der Waals surface area contributed by atoms with Gasteiger partial charge in [0.2, 0.25) is 5.91 Å². The summed E-state index contributed by atoms with van der Waals surface area (Å²) in [6.07, 6.45) is 4.68. The third-order valence-electron chi connectivity index (χ3n) is 5.32. The van der Waals surface area contributed by atoms with Crippen LogP contribution in [0, 0.1) is 12.8 Å². The Morgan fingerprint density at radius 1 is 1.36 bits per heavy atom. The summed E-state index contributed by atoms with van der Waals surface area (Å²) in [6, 6.07) is 4.15. The van der Waals surface area contributed by atoms with Crippen LogP contribution in [-0.4, -0.2) is 59.6 Å². The number of carbonyl (C=O) groups is 1. The van der Waals surface area contributed by atoms with Crippen molar-refractivity contribution >= 4 is 11.6 Å². The number of pyridine rings is 1. The minimum absolute atomic E-state index is 0.0533. The molecule has 0 bridgehead atoms. The largest absolute Gasteiger partial charge is 0.379 e. The number of aryl methyl sites for hydroxylation is 2. The molecule has 2 aliphatic rings. The summed E-state index contributed by atoms with van der Waals surface area (Å²) >= 11 is 0. The zero-order chi connectivity index (χ0) is 17.2. The molecule has 0 radical (unpaired) electrons. The van der Waals surface area contributed by atoms with Gasteiger partial charge in [0.05, 0.1) is 18.9 Å². The Labute approximate surface area is 148 Å². The molecule has 1 aliphatic heterocycles. The van der Waals surface area contributed by atoms with E-state index in [-0.39, 0.29) is 11.8 Å². The second kappa shape index (κ2) is 7.14. The van der Waals surface area contributed by atoms with Gasteiger partial charge >= 0.3 is 0 Å². The second-order valence-corrected chi connectivity index (χ2v) is 7.12. The maximum absolute atomic E-state index is 12.6. The zero-order valence-corrected chi connectivity index (χ0v) is 14.8. The molecule has 0 spiro atoms. The lowest BCUT2D eigenvalue weighted by molar-refractivity contribution is -0.125. The van der Waals surface area contributed by atoms with E-state index < -0.39 is 0 Å². The number of carbonyl (C=O) groups excluding carboxylic acids is 1. The van der Waals surface area contributed by atoms with E-state index in [1.54, 1.807) is 0 Å². The molecule has 1 N–H and O–H groups in total. The molecule has 1 aliphatic carbocycles. The lowest BCUT2D eigenvalue weighted by Crippen LogP contribution is -2.43. The van der Waals surface area contributed by atoms with Crippen molar-refractivity contribution in [1.82, 2.24) is 19.6 Å². The molecule has 0 aromatic carbocycles. The summed E-state index contributed by atoms with van der Waals surface area (Å²) in [5, 5.41) is 3.13. The number of amides is 1. The number of nitrogens with zero attached hydrogens (tertiary/aromatic N) is 3. The van der Waals surface area contributed by atoms with Gasteiger partial charge in [0.15, 0.2) is 0 Å². The molecule has 0 saturated carbocycles. The quantitative estimate of drug-likeness (QED) is 0.907. The van der Waals surface area contributed by atoms with Gasteiger partial charge in [-0.3, -0.25) is 9.69 Å². The number of hydrogen-bond donors (Lipinski definition) is 1. The first-order valence-corrected chi connectivity index (χ1v) is 9.25. The highest BCUT2D eigenvalue weighted by Crippen LogP contribution is 2.26. The first kappa shape index (κ1) is 16.5. The predicted octanol–water partition coefficient (Wildman–Crippen LogP) is 1.20. The van der Waals surface area contributed by atoms with E-state index in [0.717, 1.165) is 63.5 Å². The fraction of sp³-hybridized carbons (Fsp3) is 0.579. The molecule has 1 unspecified atom stereocenters. The number of fused-ring (bicyclic) bond motifs is 3. The van der Waals surface area contributed by atoms with Crippen LogP contribution in [0.15, 0.2) is 18.3 Å². The van der Waals surface area contributed by atoms with Gasteiger partial charge in [0.25, 0.3) is 0 Å². The first-order chi connectivity index (χ1) is 12.2. The molecule has 2 aromatic heterocycles. The summed E-state index contributed by atoms with van der Waals surface area (Å²) in [5.74, 6) is 0.235. The van der Waals surface area contributed by atoms with Crippen molar-refractivity contribution in [2.24, 2.45) is 5.92 Å². The number of aromatic nitrogens is 2. The van der Waals surface area contributed by atoms with Crippen molar-refractivity contribution in [2.75, 3.05) is 39.4 Å². The Morgan fingerprint density at radius 2 is 2.20 bits per heavy atom. The average Bonchev–Trinajstić information content (AvgIpc) is 2.99. The number of nitrogens with one attached hydrogen (secondary N) is 1. The van der Waals surface area contributed by atoms with Gasteiger partial charge in [-0.25, -0.2) is 4.98 Å². The monoisotopic (exact) mass is 342 g/mol. The molecular formula is C19H26N4O2. The van der Waals surface area contributed by atoms with Crippen molar-refractivity contribution in [2.45, 2.75) is 26.2 Å². The number of hydrogen-bond acceptors (Lipinski definition) is 4. The van der Waals surface area contributed by atoms with E-state index in [1.165, 1.54) is 11.3 Å². The Hall–Kier alpha value is -1.92. The molecule has 134 valence electrons. The molecule has 1 saturated heterocycles. The van der Waals surface area contributed by atoms with Gasteiger partial charge in [-0.05, 0) is 31.4 Å². The second-order valence-electron chi connectivity index (χ2n) is 7.12. The highest BCUT2D eigenvalue weighted by atomic mass is 16.5. The van der Waals surface area contributed by atoms with Crippen LogP contribution in [0.3, 0.4) is 0 Å². The molecule has 6 nitrogen and oxygen atoms in total. The maximum Gasteiger partial charge on any atom is 0.223 e. The van der Waals surface area contributed by atoms with Gasteiger partial charge < -0.3 is 14.5 Å². The molecule has 3 heterocycles. The van der Waals surface area contributed by atoms with Crippen molar-refractivity contribution in [3.8, 4) is 0 Å². The average molecular weight is 342 g/mol. The van der Waals surface area contributed by atoms with E-state index in [4.69, 9.17) is 9.72 Å². The Balaban J connectivity index is 1.37. The van der Waals surface area contributed by atoms with Gasteiger partial charge in [0, 0.05) is 50.4 Å². The van der Waals surface area contributed by atoms with Crippen LogP contribution in [0.4, 0.5) is 0 Å². The number of ether oxygens (including phenoxy) is 1. The molecular weight excluding hydrogens is 316 g/mol. The van der Waals surface area contributed by atoms with Crippen LogP contribution in [0.5, 0.6) is 0 Å². The minimum Gasteiger partial charge on any atom is -0.379 e. The molecule has 2 aromatic rings. The van der Waals surface area contributed by atoms with Crippen LogP contribution >= 0.6 is 0 Å². The van der Waals surface area contributed by atoms with Gasteiger partial charge in [-0.2, -0.15) is 0 Å². The lowest BCUT2D eigenvalue weighted by Gasteiger charge is -2.27. The lowest BCUT2D eigenvalue weighted by atomic mass is 9.89. The minimum atomic E-state index is 0.0533. The van der Waals surface area contributed by atoms with Crippen LogP contribution < -0.4 is 5.32 Å². The van der Waals surface area contributed by atoms with Crippen molar-refractivity contribution in [3.63, 3.8) is 0 Å². The Bertz CT molecular complexity index is 764. The van der Waals surface area contributed by atoms with Crippen LogP contribution in [-0.2, 0) is 22.4 Å². The third-order valence-corrected chi connectivity index (χ3v) is 5.32. The summed E-state index contributed by atoms with van der Waals surface area (Å²) in [6.45, 7) is 7.23. The normalized spacial score (nSPS) is 21.2. The van der Waals surface area contributed by atoms with Gasteiger partial charge in [-0.1, -0.05) is 6.07 Å². The van der Waals surface area contributed by atoms with Crippen LogP contribution in [0.1, 0.15) is 23.4 Å². The Morgan fingerprint density at radius 3 is 3.04 bits per heavy atom. The van der Waals surface area contributed by atoms with Crippen molar-refractivity contribution in [3.05, 3.63) is 35.3 Å². The van der Waals surface area contributed by atoms with E-state index in [0.29, 0.717) is 6.54 Å². The highest BCUT2D eigenvalue weighted by molar-refractivity contribution is 5.79. The van der Waals surface area contributed by atoms with E-state index in [2.05, 4.69) is 39.9 Å². The van der Waals surface area contributed by atoms with E-state index in [9.17, 15) is 4.79 Å². The van der Waals surface area contributed by atoms with E-state index in [1.807, 2.05) is 0 Å². The fourth-order valence-corrected chi connectivity index (χ4v) is 3.84. The SMILES string of the molecule is Cc1ccc2nc3c(n2c1)CC(C(=O)NCCN1CCOCC1)CC3. The smallest absolute Gasteiger partial charge is 0.223 e. The number of imidazole rings is 1.